The number of hydrazone groups is 1. The maximum atomic E-state index is 11.8. The van der Waals surface area contributed by atoms with Gasteiger partial charge in [0.15, 0.2) is 0 Å². The van der Waals surface area contributed by atoms with Crippen molar-refractivity contribution in [3.05, 3.63) is 65.2 Å². The van der Waals surface area contributed by atoms with Gasteiger partial charge in [0, 0.05) is 11.1 Å². The Hall–Kier alpha value is -2.62. The molecule has 0 aromatic heterocycles. The first-order valence-electron chi connectivity index (χ1n) is 6.24. The number of benzene rings is 2. The minimum Gasteiger partial charge on any atom is -0.496 e. The van der Waals surface area contributed by atoms with Crippen LogP contribution in [0.2, 0.25) is 0 Å². The number of nitrogens with one attached hydrogen (secondary N) is 1. The summed E-state index contributed by atoms with van der Waals surface area (Å²) < 4.78 is 5.20. The van der Waals surface area contributed by atoms with Crippen molar-refractivity contribution in [1.82, 2.24) is 5.43 Å². The van der Waals surface area contributed by atoms with Crippen molar-refractivity contribution >= 4 is 12.1 Å². The van der Waals surface area contributed by atoms with Crippen LogP contribution in [0, 0.1) is 6.92 Å². The number of ether oxygens (including phenoxy) is 1. The van der Waals surface area contributed by atoms with Crippen LogP contribution in [0.15, 0.2) is 53.6 Å². The summed E-state index contributed by atoms with van der Waals surface area (Å²) in [6.07, 6.45) is 1.56. The standard InChI is InChI=1S/C16H16N2O2/c1-12-7-9-13(10-8-12)16(19)18-17-11-14-5-3-4-6-15(14)20-2/h3-11H,1-2H3,(H,18,19)/b17-11-. The summed E-state index contributed by atoms with van der Waals surface area (Å²) in [5.41, 5.74) is 4.98. The van der Waals surface area contributed by atoms with Crippen molar-refractivity contribution in [2.75, 3.05) is 7.11 Å². The third kappa shape index (κ3) is 3.45. The van der Waals surface area contributed by atoms with Gasteiger partial charge in [-0.3, -0.25) is 4.79 Å². The predicted molar refractivity (Wildman–Crippen MR) is 79.2 cm³/mol. The van der Waals surface area contributed by atoms with Crippen molar-refractivity contribution in [2.24, 2.45) is 5.10 Å². The Kier molecular flexibility index (Phi) is 4.50. The van der Waals surface area contributed by atoms with E-state index < -0.39 is 0 Å². The van der Waals surface area contributed by atoms with Gasteiger partial charge in [-0.25, -0.2) is 5.43 Å². The van der Waals surface area contributed by atoms with E-state index in [1.54, 1.807) is 25.5 Å². The van der Waals surface area contributed by atoms with Crippen molar-refractivity contribution in [3.8, 4) is 5.75 Å². The van der Waals surface area contributed by atoms with Crippen LogP contribution in [0.3, 0.4) is 0 Å². The number of carbonyl (C=O) groups excluding carboxylic acids is 1. The molecule has 0 bridgehead atoms. The number of methoxy groups -OCH3 is 1. The monoisotopic (exact) mass is 268 g/mol. The van der Waals surface area contributed by atoms with E-state index in [0.29, 0.717) is 11.3 Å². The molecule has 0 atom stereocenters. The second-order valence-electron chi connectivity index (χ2n) is 4.31. The molecule has 0 aliphatic rings. The summed E-state index contributed by atoms with van der Waals surface area (Å²) in [4.78, 5) is 11.8. The Morgan fingerprint density at radius 1 is 1.15 bits per heavy atom. The molecule has 0 fully saturated rings. The van der Waals surface area contributed by atoms with Gasteiger partial charge in [-0.1, -0.05) is 29.8 Å². The molecule has 0 spiro atoms. The lowest BCUT2D eigenvalue weighted by Gasteiger charge is -2.03. The molecule has 0 radical (unpaired) electrons. The number of hydrogen-bond donors (Lipinski definition) is 1. The van der Waals surface area contributed by atoms with E-state index in [9.17, 15) is 4.79 Å². The van der Waals surface area contributed by atoms with Gasteiger partial charge in [0.25, 0.3) is 5.91 Å². The Balaban J connectivity index is 2.02. The molecule has 0 unspecified atom stereocenters. The van der Waals surface area contributed by atoms with Gasteiger partial charge in [0.05, 0.1) is 13.3 Å². The fraction of sp³-hybridized carbons (Fsp3) is 0.125. The molecule has 1 N–H and O–H groups in total. The third-order valence-electron chi connectivity index (χ3n) is 2.82. The first-order chi connectivity index (χ1) is 9.70. The number of nitrogens with zero attached hydrogens (tertiary/aromatic N) is 1. The van der Waals surface area contributed by atoms with Crippen molar-refractivity contribution in [1.29, 1.82) is 0 Å². The van der Waals surface area contributed by atoms with Gasteiger partial charge in [-0.05, 0) is 31.2 Å². The van der Waals surface area contributed by atoms with Crippen LogP contribution < -0.4 is 10.2 Å². The van der Waals surface area contributed by atoms with Gasteiger partial charge in [-0.15, -0.1) is 0 Å². The van der Waals surface area contributed by atoms with Crippen LogP contribution in [-0.4, -0.2) is 19.2 Å². The number of rotatable bonds is 4. The average molecular weight is 268 g/mol. The molecule has 0 aliphatic carbocycles. The van der Waals surface area contributed by atoms with Crippen molar-refractivity contribution < 1.29 is 9.53 Å². The molecule has 20 heavy (non-hydrogen) atoms. The van der Waals surface area contributed by atoms with E-state index in [-0.39, 0.29) is 5.91 Å². The van der Waals surface area contributed by atoms with E-state index in [4.69, 9.17) is 4.74 Å². The highest BCUT2D eigenvalue weighted by Crippen LogP contribution is 2.14. The lowest BCUT2D eigenvalue weighted by molar-refractivity contribution is 0.0955. The Morgan fingerprint density at radius 2 is 1.85 bits per heavy atom. The summed E-state index contributed by atoms with van der Waals surface area (Å²) in [6.45, 7) is 1.97. The highest BCUT2D eigenvalue weighted by atomic mass is 16.5. The van der Waals surface area contributed by atoms with Crippen LogP contribution >= 0.6 is 0 Å². The number of amides is 1. The van der Waals surface area contributed by atoms with Gasteiger partial charge in [-0.2, -0.15) is 5.10 Å². The topological polar surface area (TPSA) is 50.7 Å². The zero-order valence-corrected chi connectivity index (χ0v) is 11.5. The molecule has 0 heterocycles. The Morgan fingerprint density at radius 3 is 2.55 bits per heavy atom. The van der Waals surface area contributed by atoms with Gasteiger partial charge in [0.1, 0.15) is 5.75 Å². The molecule has 102 valence electrons. The van der Waals surface area contributed by atoms with E-state index in [0.717, 1.165) is 11.1 Å². The quantitative estimate of drug-likeness (QED) is 0.684. The fourth-order valence-corrected chi connectivity index (χ4v) is 1.70. The highest BCUT2D eigenvalue weighted by molar-refractivity contribution is 5.95. The van der Waals surface area contributed by atoms with E-state index in [2.05, 4.69) is 10.5 Å². The van der Waals surface area contributed by atoms with Crippen LogP contribution in [0.4, 0.5) is 0 Å². The summed E-state index contributed by atoms with van der Waals surface area (Å²) in [5.74, 6) is 0.469. The Labute approximate surface area is 118 Å². The minimum absolute atomic E-state index is 0.240. The number of aryl methyl sites for hydroxylation is 1. The summed E-state index contributed by atoms with van der Waals surface area (Å²) in [7, 11) is 1.59. The molecule has 0 aliphatic heterocycles. The zero-order chi connectivity index (χ0) is 14.4. The SMILES string of the molecule is COc1ccccc1/C=N\NC(=O)c1ccc(C)cc1. The van der Waals surface area contributed by atoms with Crippen LogP contribution in [0.25, 0.3) is 0 Å². The highest BCUT2D eigenvalue weighted by Gasteiger charge is 2.03. The van der Waals surface area contributed by atoms with E-state index >= 15 is 0 Å². The smallest absolute Gasteiger partial charge is 0.271 e. The molecule has 0 saturated heterocycles. The van der Waals surface area contributed by atoms with E-state index in [1.165, 1.54) is 0 Å². The van der Waals surface area contributed by atoms with Crippen LogP contribution in [0.1, 0.15) is 21.5 Å². The minimum atomic E-state index is -0.240. The molecule has 4 nitrogen and oxygen atoms in total. The van der Waals surface area contributed by atoms with E-state index in [1.807, 2.05) is 43.3 Å². The summed E-state index contributed by atoms with van der Waals surface area (Å²) >= 11 is 0. The average Bonchev–Trinajstić information content (AvgIpc) is 2.48. The summed E-state index contributed by atoms with van der Waals surface area (Å²) in [6, 6.07) is 14.8. The summed E-state index contributed by atoms with van der Waals surface area (Å²) in [5, 5.41) is 3.94. The molecule has 4 heteroatoms. The lowest BCUT2D eigenvalue weighted by atomic mass is 10.1. The molecule has 0 saturated carbocycles. The Bertz CT molecular complexity index is 619. The first-order valence-corrected chi connectivity index (χ1v) is 6.24. The lowest BCUT2D eigenvalue weighted by Crippen LogP contribution is -2.17. The van der Waals surface area contributed by atoms with Crippen molar-refractivity contribution in [2.45, 2.75) is 6.92 Å². The maximum Gasteiger partial charge on any atom is 0.271 e. The fourth-order valence-electron chi connectivity index (χ4n) is 1.70. The number of para-hydroxylation sites is 1. The van der Waals surface area contributed by atoms with Crippen molar-refractivity contribution in [3.63, 3.8) is 0 Å². The van der Waals surface area contributed by atoms with Gasteiger partial charge < -0.3 is 4.74 Å². The normalized spacial score (nSPS) is 10.5. The number of carbonyl (C=O) groups is 1. The first kappa shape index (κ1) is 13.8. The molecule has 2 rings (SSSR count). The molecule has 2 aromatic carbocycles. The van der Waals surface area contributed by atoms with Gasteiger partial charge in [0.2, 0.25) is 0 Å². The second-order valence-corrected chi connectivity index (χ2v) is 4.31. The predicted octanol–water partition coefficient (Wildman–Crippen LogP) is 2.77. The zero-order valence-electron chi connectivity index (χ0n) is 11.5. The van der Waals surface area contributed by atoms with Gasteiger partial charge >= 0.3 is 0 Å². The maximum absolute atomic E-state index is 11.8. The molecule has 1 amide bonds. The third-order valence-corrected chi connectivity index (χ3v) is 2.82. The number of hydrogen-bond acceptors (Lipinski definition) is 3. The van der Waals surface area contributed by atoms with Crippen LogP contribution in [0.5, 0.6) is 5.75 Å². The molecular weight excluding hydrogens is 252 g/mol. The largest absolute Gasteiger partial charge is 0.496 e. The second kappa shape index (κ2) is 6.52. The molecular formula is C16H16N2O2. The molecule has 2 aromatic rings. The van der Waals surface area contributed by atoms with Crippen LogP contribution in [-0.2, 0) is 0 Å².